The molecule has 1 aliphatic carbocycles. The Morgan fingerprint density at radius 1 is 1.31 bits per heavy atom. The third-order valence-electron chi connectivity index (χ3n) is 5.83. The molecule has 0 atom stereocenters. The molecule has 1 saturated heterocycles. The van der Waals surface area contributed by atoms with E-state index in [1.165, 1.54) is 12.8 Å². The van der Waals surface area contributed by atoms with Crippen molar-refractivity contribution in [1.82, 2.24) is 10.4 Å². The van der Waals surface area contributed by atoms with Gasteiger partial charge < -0.3 is 14.3 Å². The molecule has 2 fully saturated rings. The van der Waals surface area contributed by atoms with E-state index >= 15 is 0 Å². The molecule has 0 aromatic heterocycles. The van der Waals surface area contributed by atoms with Crippen LogP contribution < -0.4 is 15.0 Å². The second kappa shape index (κ2) is 9.47. The van der Waals surface area contributed by atoms with Crippen LogP contribution in [0.1, 0.15) is 57.9 Å². The minimum absolute atomic E-state index is 0.0440. The fourth-order valence-corrected chi connectivity index (χ4v) is 4.21. The summed E-state index contributed by atoms with van der Waals surface area (Å²) < 4.78 is 12.3. The smallest absolute Gasteiger partial charge is 0.260 e. The summed E-state index contributed by atoms with van der Waals surface area (Å²) in [6.45, 7) is 13.3. The van der Waals surface area contributed by atoms with Gasteiger partial charge in [0.05, 0.1) is 18.8 Å². The molecule has 0 spiro atoms. The molecule has 3 rings (SSSR count). The molecule has 2 N–H and O–H groups in total. The number of likely N-dealkylation sites (tertiary alicyclic amines) is 1. The van der Waals surface area contributed by atoms with Crippen LogP contribution in [-0.4, -0.2) is 47.9 Å². The molecule has 2 aliphatic rings. The molecule has 7 nitrogen and oxygen atoms in total. The molecule has 0 radical (unpaired) electrons. The summed E-state index contributed by atoms with van der Waals surface area (Å²) in [7, 11) is 0. The Balaban J connectivity index is 1.80. The van der Waals surface area contributed by atoms with Gasteiger partial charge in [0.25, 0.3) is 11.4 Å². The number of carbonyl (C=O) groups is 1. The molecular formula is C22H31N3O4. The molecule has 1 aromatic rings. The SMILES string of the molecule is [C-]#[N+]C1(c2ccc(OC(C)C)c(OC3CCCC3)c2)CCN(CC(=O)NO)CC1. The van der Waals surface area contributed by atoms with Gasteiger partial charge in [0, 0.05) is 31.5 Å². The van der Waals surface area contributed by atoms with E-state index in [9.17, 15) is 4.79 Å². The van der Waals surface area contributed by atoms with Gasteiger partial charge in [-0.2, -0.15) is 0 Å². The zero-order valence-corrected chi connectivity index (χ0v) is 17.3. The molecule has 29 heavy (non-hydrogen) atoms. The number of nitrogens with one attached hydrogen (secondary N) is 1. The average molecular weight is 402 g/mol. The van der Waals surface area contributed by atoms with Crippen LogP contribution in [0.5, 0.6) is 11.5 Å². The maximum absolute atomic E-state index is 11.4. The van der Waals surface area contributed by atoms with Gasteiger partial charge >= 0.3 is 0 Å². The molecule has 158 valence electrons. The van der Waals surface area contributed by atoms with E-state index < -0.39 is 11.4 Å². The van der Waals surface area contributed by atoms with Crippen molar-refractivity contribution in [2.24, 2.45) is 0 Å². The lowest BCUT2D eigenvalue weighted by molar-refractivity contribution is -0.130. The number of piperidine rings is 1. The van der Waals surface area contributed by atoms with Crippen LogP contribution in [0.25, 0.3) is 4.85 Å². The molecule has 1 heterocycles. The van der Waals surface area contributed by atoms with Crippen LogP contribution in [0.3, 0.4) is 0 Å². The van der Waals surface area contributed by atoms with Crippen LogP contribution in [0.4, 0.5) is 0 Å². The first-order valence-corrected chi connectivity index (χ1v) is 10.5. The summed E-state index contributed by atoms with van der Waals surface area (Å²) in [6, 6.07) is 5.90. The number of nitrogens with zero attached hydrogens (tertiary/aromatic N) is 2. The molecule has 1 amide bonds. The number of ether oxygens (including phenoxy) is 2. The van der Waals surface area contributed by atoms with E-state index in [1.54, 1.807) is 5.48 Å². The van der Waals surface area contributed by atoms with Crippen LogP contribution in [0.2, 0.25) is 0 Å². The summed E-state index contributed by atoms with van der Waals surface area (Å²) >= 11 is 0. The molecule has 1 saturated carbocycles. The van der Waals surface area contributed by atoms with Gasteiger partial charge in [-0.25, -0.2) is 12.1 Å². The van der Waals surface area contributed by atoms with Gasteiger partial charge in [0.2, 0.25) is 0 Å². The number of rotatable bonds is 7. The first-order chi connectivity index (χ1) is 14.0. The predicted molar refractivity (Wildman–Crippen MR) is 109 cm³/mol. The van der Waals surface area contributed by atoms with Crippen LogP contribution in [0.15, 0.2) is 18.2 Å². The summed E-state index contributed by atoms with van der Waals surface area (Å²) in [5, 5.41) is 8.73. The fourth-order valence-electron chi connectivity index (χ4n) is 4.21. The molecule has 7 heteroatoms. The van der Waals surface area contributed by atoms with E-state index in [1.807, 2.05) is 36.9 Å². The van der Waals surface area contributed by atoms with Crippen LogP contribution >= 0.6 is 0 Å². The lowest BCUT2D eigenvalue weighted by Crippen LogP contribution is -2.44. The van der Waals surface area contributed by atoms with E-state index in [0.717, 1.165) is 29.9 Å². The summed E-state index contributed by atoms with van der Waals surface area (Å²) in [5.74, 6) is 1.03. The highest BCUT2D eigenvalue weighted by Gasteiger charge is 2.43. The lowest BCUT2D eigenvalue weighted by Gasteiger charge is -2.34. The largest absolute Gasteiger partial charge is 0.487 e. The molecule has 1 aromatic carbocycles. The van der Waals surface area contributed by atoms with Crippen LogP contribution in [-0.2, 0) is 10.3 Å². The number of hydrogen-bond donors (Lipinski definition) is 2. The van der Waals surface area contributed by atoms with E-state index in [-0.39, 0.29) is 18.8 Å². The Labute approximate surface area is 172 Å². The normalized spacial score (nSPS) is 19.7. The van der Waals surface area contributed by atoms with Crippen molar-refractivity contribution in [3.8, 4) is 11.5 Å². The Bertz CT molecular complexity index is 745. The van der Waals surface area contributed by atoms with Crippen molar-refractivity contribution in [3.63, 3.8) is 0 Å². The highest BCUT2D eigenvalue weighted by molar-refractivity contribution is 5.76. The third kappa shape index (κ3) is 5.20. The van der Waals surface area contributed by atoms with E-state index in [0.29, 0.717) is 25.9 Å². The zero-order valence-electron chi connectivity index (χ0n) is 17.3. The zero-order chi connectivity index (χ0) is 20.9. The Kier molecular flexibility index (Phi) is 6.99. The van der Waals surface area contributed by atoms with Crippen molar-refractivity contribution < 1.29 is 19.5 Å². The van der Waals surface area contributed by atoms with Gasteiger partial charge in [-0.3, -0.25) is 14.9 Å². The standard InChI is InChI=1S/C22H31N3O4/c1-16(2)28-19-9-8-17(14-20(19)29-18-6-4-5-7-18)22(23-3)10-12-25(13-11-22)15-21(26)24-27/h8-9,14,16,18,27H,4-7,10-13,15H2,1-2H3,(H,24,26). The number of hydrogen-bond acceptors (Lipinski definition) is 5. The van der Waals surface area contributed by atoms with Crippen molar-refractivity contribution in [1.29, 1.82) is 0 Å². The number of amides is 1. The summed E-state index contributed by atoms with van der Waals surface area (Å²) in [6.07, 6.45) is 6.00. The topological polar surface area (TPSA) is 75.4 Å². The lowest BCUT2D eigenvalue weighted by atomic mass is 9.81. The highest BCUT2D eigenvalue weighted by atomic mass is 16.5. The van der Waals surface area contributed by atoms with E-state index in [4.69, 9.17) is 21.3 Å². The second-order valence-electron chi connectivity index (χ2n) is 8.31. The summed E-state index contributed by atoms with van der Waals surface area (Å²) in [5.41, 5.74) is 1.99. The highest BCUT2D eigenvalue weighted by Crippen LogP contribution is 2.42. The average Bonchev–Trinajstić information content (AvgIpc) is 3.23. The minimum Gasteiger partial charge on any atom is -0.487 e. The minimum atomic E-state index is -0.629. The maximum atomic E-state index is 11.4. The van der Waals surface area contributed by atoms with Gasteiger partial charge in [-0.15, -0.1) is 0 Å². The van der Waals surface area contributed by atoms with Gasteiger partial charge in [-0.1, -0.05) is 0 Å². The van der Waals surface area contributed by atoms with Crippen molar-refractivity contribution in [2.75, 3.05) is 19.6 Å². The monoisotopic (exact) mass is 401 g/mol. The maximum Gasteiger partial charge on any atom is 0.260 e. The Hall–Kier alpha value is -2.30. The third-order valence-corrected chi connectivity index (χ3v) is 5.83. The van der Waals surface area contributed by atoms with E-state index in [2.05, 4.69) is 4.85 Å². The molecular weight excluding hydrogens is 370 g/mol. The first kappa shape index (κ1) is 21.4. The molecule has 0 bridgehead atoms. The van der Waals surface area contributed by atoms with Crippen LogP contribution in [0, 0.1) is 6.57 Å². The number of benzene rings is 1. The molecule has 0 unspecified atom stereocenters. The van der Waals surface area contributed by atoms with Gasteiger partial charge in [-0.05, 0) is 57.7 Å². The second-order valence-corrected chi connectivity index (χ2v) is 8.31. The predicted octanol–water partition coefficient (Wildman–Crippen LogP) is 3.51. The number of carbonyl (C=O) groups excluding carboxylic acids is 1. The van der Waals surface area contributed by atoms with Crippen molar-refractivity contribution >= 4 is 5.91 Å². The molecule has 1 aliphatic heterocycles. The van der Waals surface area contributed by atoms with Gasteiger partial charge in [0.15, 0.2) is 11.5 Å². The quantitative estimate of drug-likeness (QED) is 0.415. The number of hydroxylamine groups is 1. The fraction of sp³-hybridized carbons (Fsp3) is 0.636. The summed E-state index contributed by atoms with van der Waals surface area (Å²) in [4.78, 5) is 17.4. The Morgan fingerprint density at radius 2 is 2.00 bits per heavy atom. The van der Waals surface area contributed by atoms with Crippen molar-refractivity contribution in [2.45, 2.75) is 70.1 Å². The Morgan fingerprint density at radius 3 is 2.59 bits per heavy atom. The van der Waals surface area contributed by atoms with Crippen molar-refractivity contribution in [3.05, 3.63) is 35.2 Å². The first-order valence-electron chi connectivity index (χ1n) is 10.5. The van der Waals surface area contributed by atoms with Gasteiger partial charge in [0.1, 0.15) is 0 Å².